The first kappa shape index (κ1) is 17.5. The normalized spacial score (nSPS) is 10.7. The zero-order chi connectivity index (χ0) is 18.8. The number of anilines is 1. The smallest absolute Gasteiger partial charge is 0.256 e. The first-order chi connectivity index (χ1) is 13.1. The molecule has 0 saturated heterocycles. The first-order valence-corrected chi connectivity index (χ1v) is 9.51. The lowest BCUT2D eigenvalue weighted by Gasteiger charge is -2.12. The molecular formula is C22H14ClNO2S. The average Bonchev–Trinajstić information content (AvgIpc) is 2.69. The minimum atomic E-state index is -0.283. The van der Waals surface area contributed by atoms with E-state index < -0.39 is 0 Å². The highest BCUT2D eigenvalue weighted by molar-refractivity contribution is 7.22. The molecule has 0 aliphatic rings. The maximum atomic E-state index is 13.2. The van der Waals surface area contributed by atoms with Gasteiger partial charge in [-0.25, -0.2) is 0 Å². The van der Waals surface area contributed by atoms with E-state index in [0.29, 0.717) is 26.5 Å². The topological polar surface area (TPSA) is 46.2 Å². The molecule has 1 aromatic heterocycles. The van der Waals surface area contributed by atoms with Crippen molar-refractivity contribution in [3.63, 3.8) is 0 Å². The van der Waals surface area contributed by atoms with Crippen molar-refractivity contribution in [1.29, 1.82) is 0 Å². The second kappa shape index (κ2) is 7.35. The molecule has 0 atom stereocenters. The lowest BCUT2D eigenvalue weighted by molar-refractivity contribution is 0.102. The predicted octanol–water partition coefficient (Wildman–Crippen LogP) is 5.83. The van der Waals surface area contributed by atoms with Gasteiger partial charge in [0.2, 0.25) is 0 Å². The fourth-order valence-corrected chi connectivity index (χ4v) is 4.09. The van der Waals surface area contributed by atoms with E-state index in [2.05, 4.69) is 5.32 Å². The molecule has 5 heteroatoms. The Morgan fingerprint density at radius 2 is 1.52 bits per heavy atom. The van der Waals surface area contributed by atoms with Gasteiger partial charge in [0.05, 0.1) is 5.56 Å². The number of halogens is 1. The van der Waals surface area contributed by atoms with Crippen LogP contribution in [0.3, 0.4) is 0 Å². The summed E-state index contributed by atoms with van der Waals surface area (Å²) in [7, 11) is 0. The van der Waals surface area contributed by atoms with Crippen molar-refractivity contribution in [3.05, 3.63) is 99.7 Å². The van der Waals surface area contributed by atoms with Crippen LogP contribution in [0.5, 0.6) is 0 Å². The molecule has 0 aliphatic heterocycles. The Hall–Kier alpha value is -2.95. The van der Waals surface area contributed by atoms with E-state index in [1.165, 1.54) is 11.3 Å². The summed E-state index contributed by atoms with van der Waals surface area (Å²) in [5, 5.41) is 4.65. The van der Waals surface area contributed by atoms with E-state index in [4.69, 9.17) is 11.6 Å². The van der Waals surface area contributed by atoms with Gasteiger partial charge >= 0.3 is 0 Å². The molecule has 3 aromatic carbocycles. The van der Waals surface area contributed by atoms with Crippen LogP contribution in [0.15, 0.2) is 83.7 Å². The van der Waals surface area contributed by atoms with E-state index in [1.807, 2.05) is 54.6 Å². The van der Waals surface area contributed by atoms with Crippen LogP contribution >= 0.6 is 22.9 Å². The van der Waals surface area contributed by atoms with Crippen LogP contribution in [0.4, 0.5) is 5.00 Å². The third-order valence-corrected chi connectivity index (χ3v) is 5.53. The fraction of sp³-hybridized carbons (Fsp3) is 0. The SMILES string of the molecule is O=C(Nc1sc2ccccc2c(=O)c1-c1ccccc1)c1ccc(Cl)cc1. The molecule has 0 aliphatic carbocycles. The van der Waals surface area contributed by atoms with Gasteiger partial charge < -0.3 is 5.32 Å². The molecule has 4 rings (SSSR count). The third-order valence-electron chi connectivity index (χ3n) is 4.19. The Labute approximate surface area is 164 Å². The molecular weight excluding hydrogens is 378 g/mol. The van der Waals surface area contributed by atoms with Crippen molar-refractivity contribution < 1.29 is 4.79 Å². The number of fused-ring (bicyclic) bond motifs is 1. The molecule has 132 valence electrons. The van der Waals surface area contributed by atoms with E-state index in [0.717, 1.165) is 10.3 Å². The molecule has 27 heavy (non-hydrogen) atoms. The molecule has 1 N–H and O–H groups in total. The number of carbonyl (C=O) groups excluding carboxylic acids is 1. The number of amides is 1. The minimum Gasteiger partial charge on any atom is -0.313 e. The minimum absolute atomic E-state index is 0.0954. The number of benzene rings is 3. The molecule has 0 saturated carbocycles. The summed E-state index contributed by atoms with van der Waals surface area (Å²) in [6.07, 6.45) is 0. The fourth-order valence-electron chi connectivity index (χ4n) is 2.87. The van der Waals surface area contributed by atoms with Crippen molar-refractivity contribution in [2.45, 2.75) is 0 Å². The molecule has 0 fully saturated rings. The van der Waals surface area contributed by atoms with Gasteiger partial charge in [0.15, 0.2) is 5.43 Å². The number of rotatable bonds is 3. The highest BCUT2D eigenvalue weighted by Gasteiger charge is 2.17. The van der Waals surface area contributed by atoms with Crippen molar-refractivity contribution in [1.82, 2.24) is 0 Å². The Bertz CT molecular complexity index is 1180. The lowest BCUT2D eigenvalue weighted by Crippen LogP contribution is -2.15. The number of nitrogens with one attached hydrogen (secondary N) is 1. The van der Waals surface area contributed by atoms with Crippen molar-refractivity contribution in [2.24, 2.45) is 0 Å². The van der Waals surface area contributed by atoms with Crippen molar-refractivity contribution in [2.75, 3.05) is 5.32 Å². The number of hydrogen-bond donors (Lipinski definition) is 1. The molecule has 0 unspecified atom stereocenters. The number of carbonyl (C=O) groups is 1. The average molecular weight is 392 g/mol. The molecule has 3 nitrogen and oxygen atoms in total. The zero-order valence-electron chi connectivity index (χ0n) is 14.1. The van der Waals surface area contributed by atoms with Gasteiger partial charge in [-0.15, -0.1) is 11.3 Å². The van der Waals surface area contributed by atoms with Crippen LogP contribution in [-0.2, 0) is 0 Å². The molecule has 0 radical (unpaired) electrons. The monoisotopic (exact) mass is 391 g/mol. The number of hydrogen-bond acceptors (Lipinski definition) is 3. The molecule has 1 heterocycles. The van der Waals surface area contributed by atoms with E-state index in [9.17, 15) is 9.59 Å². The van der Waals surface area contributed by atoms with E-state index in [-0.39, 0.29) is 11.3 Å². The summed E-state index contributed by atoms with van der Waals surface area (Å²) in [6, 6.07) is 23.4. The Morgan fingerprint density at radius 1 is 0.852 bits per heavy atom. The van der Waals surface area contributed by atoms with Crippen LogP contribution in [-0.4, -0.2) is 5.91 Å². The van der Waals surface area contributed by atoms with Gasteiger partial charge in [0.1, 0.15) is 5.00 Å². The van der Waals surface area contributed by atoms with Crippen LogP contribution in [0.1, 0.15) is 10.4 Å². The predicted molar refractivity (Wildman–Crippen MR) is 113 cm³/mol. The Kier molecular flexibility index (Phi) is 4.75. The van der Waals surface area contributed by atoms with Crippen molar-refractivity contribution >= 4 is 43.9 Å². The first-order valence-electron chi connectivity index (χ1n) is 8.31. The largest absolute Gasteiger partial charge is 0.313 e. The van der Waals surface area contributed by atoms with Gasteiger partial charge in [-0.3, -0.25) is 9.59 Å². The Balaban J connectivity index is 1.87. The van der Waals surface area contributed by atoms with Crippen LogP contribution in [0.2, 0.25) is 5.02 Å². The van der Waals surface area contributed by atoms with Crippen LogP contribution < -0.4 is 10.7 Å². The summed E-state index contributed by atoms with van der Waals surface area (Å²) >= 11 is 7.29. The summed E-state index contributed by atoms with van der Waals surface area (Å²) in [5.41, 5.74) is 1.66. The highest BCUT2D eigenvalue weighted by Crippen LogP contribution is 2.33. The van der Waals surface area contributed by atoms with Gasteiger partial charge in [0, 0.05) is 20.7 Å². The summed E-state index contributed by atoms with van der Waals surface area (Å²) in [5.74, 6) is -0.283. The molecule has 0 bridgehead atoms. The summed E-state index contributed by atoms with van der Waals surface area (Å²) in [4.78, 5) is 25.9. The van der Waals surface area contributed by atoms with E-state index in [1.54, 1.807) is 24.3 Å². The lowest BCUT2D eigenvalue weighted by atomic mass is 10.1. The third kappa shape index (κ3) is 3.50. The quantitative estimate of drug-likeness (QED) is 0.477. The second-order valence-corrected chi connectivity index (χ2v) is 7.45. The molecule has 4 aromatic rings. The van der Waals surface area contributed by atoms with Gasteiger partial charge in [-0.1, -0.05) is 54.1 Å². The maximum absolute atomic E-state index is 13.2. The highest BCUT2D eigenvalue weighted by atomic mass is 35.5. The maximum Gasteiger partial charge on any atom is 0.256 e. The summed E-state index contributed by atoms with van der Waals surface area (Å²) in [6.45, 7) is 0. The van der Waals surface area contributed by atoms with Gasteiger partial charge in [-0.2, -0.15) is 0 Å². The standard InChI is InChI=1S/C22H14ClNO2S/c23-16-12-10-15(11-13-16)21(26)24-22-19(14-6-2-1-3-7-14)20(25)17-8-4-5-9-18(17)27-22/h1-13H,(H,24,26). The zero-order valence-corrected chi connectivity index (χ0v) is 15.7. The van der Waals surface area contributed by atoms with Gasteiger partial charge in [0.25, 0.3) is 5.91 Å². The summed E-state index contributed by atoms with van der Waals surface area (Å²) < 4.78 is 0.827. The molecule has 1 amide bonds. The van der Waals surface area contributed by atoms with E-state index >= 15 is 0 Å². The van der Waals surface area contributed by atoms with Gasteiger partial charge in [-0.05, 0) is 42.0 Å². The van der Waals surface area contributed by atoms with Crippen LogP contribution in [0, 0.1) is 0 Å². The van der Waals surface area contributed by atoms with Crippen molar-refractivity contribution in [3.8, 4) is 11.1 Å². The Morgan fingerprint density at radius 3 is 2.26 bits per heavy atom. The second-order valence-electron chi connectivity index (χ2n) is 5.96. The molecule has 0 spiro atoms. The van der Waals surface area contributed by atoms with Crippen LogP contribution in [0.25, 0.3) is 21.2 Å².